The SMILES string of the molecule is C=CC(=O)NC1CCCOc2c(F)cccc21. The molecule has 4 heteroatoms. The number of ether oxygens (including phenoxy) is 1. The third kappa shape index (κ3) is 2.46. The monoisotopic (exact) mass is 235 g/mol. The number of nitrogens with one attached hydrogen (secondary N) is 1. The summed E-state index contributed by atoms with van der Waals surface area (Å²) in [6, 6.07) is 4.54. The van der Waals surface area contributed by atoms with Gasteiger partial charge in [0.2, 0.25) is 5.91 Å². The normalized spacial score (nSPS) is 18.5. The standard InChI is InChI=1S/C13H14FNO2/c1-2-12(16)15-11-7-4-8-17-13-9(11)5-3-6-10(13)14/h2-3,5-6,11H,1,4,7-8H2,(H,15,16). The lowest BCUT2D eigenvalue weighted by Crippen LogP contribution is -2.26. The van der Waals surface area contributed by atoms with Crippen molar-refractivity contribution in [2.24, 2.45) is 0 Å². The molecule has 0 bridgehead atoms. The van der Waals surface area contributed by atoms with Crippen LogP contribution in [-0.2, 0) is 4.79 Å². The molecule has 1 aliphatic heterocycles. The van der Waals surface area contributed by atoms with Gasteiger partial charge >= 0.3 is 0 Å². The van der Waals surface area contributed by atoms with Gasteiger partial charge in [0, 0.05) is 5.56 Å². The number of rotatable bonds is 2. The van der Waals surface area contributed by atoms with Crippen LogP contribution in [-0.4, -0.2) is 12.5 Å². The Labute approximate surface area is 99.3 Å². The maximum absolute atomic E-state index is 13.6. The first-order valence-electron chi connectivity index (χ1n) is 5.56. The number of para-hydroxylation sites is 1. The van der Waals surface area contributed by atoms with Crippen molar-refractivity contribution in [2.75, 3.05) is 6.61 Å². The largest absolute Gasteiger partial charge is 0.490 e. The van der Waals surface area contributed by atoms with Gasteiger partial charge in [-0.25, -0.2) is 4.39 Å². The zero-order valence-corrected chi connectivity index (χ0v) is 9.41. The van der Waals surface area contributed by atoms with Crippen LogP contribution in [0, 0.1) is 5.82 Å². The smallest absolute Gasteiger partial charge is 0.243 e. The second-order valence-corrected chi connectivity index (χ2v) is 3.91. The van der Waals surface area contributed by atoms with Crippen LogP contribution in [0.4, 0.5) is 4.39 Å². The zero-order valence-electron chi connectivity index (χ0n) is 9.41. The molecular formula is C13H14FNO2. The summed E-state index contributed by atoms with van der Waals surface area (Å²) in [5.74, 6) is -0.395. The molecule has 1 atom stereocenters. The molecule has 1 heterocycles. The van der Waals surface area contributed by atoms with Gasteiger partial charge in [0.15, 0.2) is 11.6 Å². The lowest BCUT2D eigenvalue weighted by Gasteiger charge is -2.17. The van der Waals surface area contributed by atoms with Crippen LogP contribution in [0.3, 0.4) is 0 Å². The van der Waals surface area contributed by atoms with Crippen molar-refractivity contribution in [3.05, 3.63) is 42.2 Å². The molecule has 1 aliphatic rings. The summed E-state index contributed by atoms with van der Waals surface area (Å²) in [7, 11) is 0. The first-order chi connectivity index (χ1) is 8.22. The van der Waals surface area contributed by atoms with E-state index in [1.165, 1.54) is 12.1 Å². The Bertz CT molecular complexity index is 445. The fourth-order valence-corrected chi connectivity index (χ4v) is 1.95. The Morgan fingerprint density at radius 2 is 2.41 bits per heavy atom. The predicted molar refractivity (Wildman–Crippen MR) is 62.2 cm³/mol. The van der Waals surface area contributed by atoms with Crippen molar-refractivity contribution in [1.29, 1.82) is 0 Å². The number of fused-ring (bicyclic) bond motifs is 1. The van der Waals surface area contributed by atoms with Crippen molar-refractivity contribution < 1.29 is 13.9 Å². The molecule has 0 aliphatic carbocycles. The Hall–Kier alpha value is -1.84. The third-order valence-electron chi connectivity index (χ3n) is 2.76. The molecule has 3 nitrogen and oxygen atoms in total. The van der Waals surface area contributed by atoms with E-state index in [1.807, 2.05) is 0 Å². The average molecular weight is 235 g/mol. The van der Waals surface area contributed by atoms with Gasteiger partial charge < -0.3 is 10.1 Å². The second kappa shape index (κ2) is 4.99. The van der Waals surface area contributed by atoms with Crippen molar-refractivity contribution in [2.45, 2.75) is 18.9 Å². The maximum Gasteiger partial charge on any atom is 0.243 e. The van der Waals surface area contributed by atoms with Gasteiger partial charge in [-0.15, -0.1) is 0 Å². The van der Waals surface area contributed by atoms with Crippen LogP contribution in [0.25, 0.3) is 0 Å². The van der Waals surface area contributed by atoms with Crippen molar-refractivity contribution in [3.63, 3.8) is 0 Å². The van der Waals surface area contributed by atoms with Crippen molar-refractivity contribution in [3.8, 4) is 5.75 Å². The molecule has 17 heavy (non-hydrogen) atoms. The van der Waals surface area contributed by atoms with Crippen LogP contribution in [0.1, 0.15) is 24.4 Å². The molecule has 0 saturated heterocycles. The highest BCUT2D eigenvalue weighted by Gasteiger charge is 2.22. The number of hydrogen-bond donors (Lipinski definition) is 1. The molecule has 90 valence electrons. The highest BCUT2D eigenvalue weighted by atomic mass is 19.1. The van der Waals surface area contributed by atoms with E-state index in [9.17, 15) is 9.18 Å². The molecule has 1 N–H and O–H groups in total. The third-order valence-corrected chi connectivity index (χ3v) is 2.76. The Morgan fingerprint density at radius 1 is 1.59 bits per heavy atom. The van der Waals surface area contributed by atoms with Gasteiger partial charge in [0.1, 0.15) is 0 Å². The molecule has 0 fully saturated rings. The van der Waals surface area contributed by atoms with E-state index in [2.05, 4.69) is 11.9 Å². The lowest BCUT2D eigenvalue weighted by molar-refractivity contribution is -0.117. The first kappa shape index (κ1) is 11.6. The number of carbonyl (C=O) groups excluding carboxylic acids is 1. The molecule has 0 spiro atoms. The minimum atomic E-state index is -0.387. The minimum absolute atomic E-state index is 0.214. The van der Waals surface area contributed by atoms with Gasteiger partial charge in [-0.1, -0.05) is 18.7 Å². The van der Waals surface area contributed by atoms with E-state index in [0.29, 0.717) is 12.2 Å². The first-order valence-corrected chi connectivity index (χ1v) is 5.56. The minimum Gasteiger partial charge on any atom is -0.490 e. The summed E-state index contributed by atoms with van der Waals surface area (Å²) in [5, 5.41) is 2.79. The Morgan fingerprint density at radius 3 is 3.18 bits per heavy atom. The Kier molecular flexibility index (Phi) is 3.42. The number of carbonyl (C=O) groups is 1. The summed E-state index contributed by atoms with van der Waals surface area (Å²) in [6.45, 7) is 3.87. The van der Waals surface area contributed by atoms with E-state index in [0.717, 1.165) is 12.8 Å². The fourth-order valence-electron chi connectivity index (χ4n) is 1.95. The van der Waals surface area contributed by atoms with Crippen LogP contribution in [0.2, 0.25) is 0 Å². The van der Waals surface area contributed by atoms with Crippen molar-refractivity contribution >= 4 is 5.91 Å². The maximum atomic E-state index is 13.6. The van der Waals surface area contributed by atoms with Crippen LogP contribution >= 0.6 is 0 Å². The van der Waals surface area contributed by atoms with Gasteiger partial charge in [0.05, 0.1) is 12.6 Å². The van der Waals surface area contributed by atoms with E-state index in [1.54, 1.807) is 12.1 Å². The Balaban J connectivity index is 2.33. The van der Waals surface area contributed by atoms with E-state index in [4.69, 9.17) is 4.74 Å². The molecule has 1 aromatic carbocycles. The van der Waals surface area contributed by atoms with Gasteiger partial charge in [-0.2, -0.15) is 0 Å². The molecular weight excluding hydrogens is 221 g/mol. The highest BCUT2D eigenvalue weighted by Crippen LogP contribution is 2.33. The molecule has 1 amide bonds. The summed E-state index contributed by atoms with van der Waals surface area (Å²) >= 11 is 0. The molecule has 1 aromatic rings. The van der Waals surface area contributed by atoms with Crippen molar-refractivity contribution in [1.82, 2.24) is 5.32 Å². The molecule has 2 rings (SSSR count). The number of halogens is 1. The van der Waals surface area contributed by atoms with E-state index >= 15 is 0 Å². The topological polar surface area (TPSA) is 38.3 Å². The summed E-state index contributed by atoms with van der Waals surface area (Å²) < 4.78 is 19.0. The lowest BCUT2D eigenvalue weighted by atomic mass is 10.0. The summed E-state index contributed by atoms with van der Waals surface area (Å²) in [4.78, 5) is 11.3. The molecule has 0 saturated carbocycles. The quantitative estimate of drug-likeness (QED) is 0.799. The number of benzene rings is 1. The van der Waals surface area contributed by atoms with Gasteiger partial charge in [-0.3, -0.25) is 4.79 Å². The highest BCUT2D eigenvalue weighted by molar-refractivity contribution is 5.87. The van der Waals surface area contributed by atoms with Gasteiger partial charge in [0.25, 0.3) is 0 Å². The fraction of sp³-hybridized carbons (Fsp3) is 0.308. The summed E-state index contributed by atoms with van der Waals surface area (Å²) in [6.07, 6.45) is 2.72. The second-order valence-electron chi connectivity index (χ2n) is 3.91. The zero-order chi connectivity index (χ0) is 12.3. The predicted octanol–water partition coefficient (Wildman–Crippen LogP) is 2.34. The number of amides is 1. The average Bonchev–Trinajstić information content (AvgIpc) is 2.53. The van der Waals surface area contributed by atoms with Crippen LogP contribution < -0.4 is 10.1 Å². The van der Waals surface area contributed by atoms with Gasteiger partial charge in [-0.05, 0) is 25.0 Å². The van der Waals surface area contributed by atoms with E-state index in [-0.39, 0.29) is 23.5 Å². The molecule has 0 aromatic heterocycles. The molecule has 1 unspecified atom stereocenters. The number of hydrogen-bond acceptors (Lipinski definition) is 2. The van der Waals surface area contributed by atoms with E-state index < -0.39 is 0 Å². The van der Waals surface area contributed by atoms with Crippen LogP contribution in [0.15, 0.2) is 30.9 Å². The molecule has 0 radical (unpaired) electrons. The summed E-state index contributed by atoms with van der Waals surface area (Å²) in [5.41, 5.74) is 0.692. The van der Waals surface area contributed by atoms with Crippen LogP contribution in [0.5, 0.6) is 5.75 Å².